The van der Waals surface area contributed by atoms with Crippen LogP contribution in [0.5, 0.6) is 0 Å². The van der Waals surface area contributed by atoms with Gasteiger partial charge < -0.3 is 4.74 Å². The maximum absolute atomic E-state index is 11.1. The number of Topliss-reactive ketones (excluding diaryl/α,β-unsaturated/α-hetero) is 1. The summed E-state index contributed by atoms with van der Waals surface area (Å²) in [4.78, 5) is 22.0. The molecule has 14 heavy (non-hydrogen) atoms. The van der Waals surface area contributed by atoms with E-state index in [0.717, 1.165) is 0 Å². The molecule has 0 saturated carbocycles. The van der Waals surface area contributed by atoms with Crippen LogP contribution in [0, 0.1) is 11.3 Å². The molecule has 0 amide bonds. The second kappa shape index (κ2) is 4.19. The topological polar surface area (TPSA) is 67.2 Å². The predicted octanol–water partition coefficient (Wildman–Crippen LogP) is 1.18. The smallest absolute Gasteiger partial charge is 0.337 e. The van der Waals surface area contributed by atoms with E-state index in [1.807, 2.05) is 0 Å². The first-order chi connectivity index (χ1) is 6.69. The fraction of sp³-hybridized carbons (Fsp3) is 0.100. The molecule has 4 heteroatoms. The minimum absolute atomic E-state index is 0.190. The number of carbonyl (C=O) groups is 2. The number of esters is 1. The molecule has 0 atom stereocenters. The number of nitrogens with zero attached hydrogens (tertiary/aromatic N) is 1. The summed E-state index contributed by atoms with van der Waals surface area (Å²) in [5.74, 6) is -1.20. The Morgan fingerprint density at radius 2 is 2.00 bits per heavy atom. The SMILES string of the molecule is COC(=O)c1cccc(C(=O)C#N)c1. The number of hydrogen-bond donors (Lipinski definition) is 0. The van der Waals surface area contributed by atoms with Crippen LogP contribution in [0.25, 0.3) is 0 Å². The quantitative estimate of drug-likeness (QED) is 0.398. The van der Waals surface area contributed by atoms with Crippen molar-refractivity contribution >= 4 is 11.8 Å². The van der Waals surface area contributed by atoms with E-state index in [2.05, 4.69) is 4.74 Å². The van der Waals surface area contributed by atoms with Crippen molar-refractivity contribution in [3.63, 3.8) is 0 Å². The molecule has 1 aromatic rings. The lowest BCUT2D eigenvalue weighted by Gasteiger charge is -1.99. The second-order valence-electron chi connectivity index (χ2n) is 2.51. The summed E-state index contributed by atoms with van der Waals surface area (Å²) in [6.45, 7) is 0. The second-order valence-corrected chi connectivity index (χ2v) is 2.51. The standard InChI is InChI=1S/C10H7NO3/c1-14-10(13)8-4-2-3-7(5-8)9(12)6-11/h2-5H,1H3. The Labute approximate surface area is 80.7 Å². The Morgan fingerprint density at radius 3 is 2.57 bits per heavy atom. The van der Waals surface area contributed by atoms with E-state index in [9.17, 15) is 9.59 Å². The molecule has 70 valence electrons. The molecule has 0 spiro atoms. The maximum atomic E-state index is 11.1. The van der Waals surface area contributed by atoms with Crippen LogP contribution in [-0.2, 0) is 4.74 Å². The average molecular weight is 189 g/mol. The molecule has 1 rings (SSSR count). The highest BCUT2D eigenvalue weighted by molar-refractivity contribution is 6.08. The van der Waals surface area contributed by atoms with Gasteiger partial charge in [-0.3, -0.25) is 4.79 Å². The van der Waals surface area contributed by atoms with Gasteiger partial charge in [-0.2, -0.15) is 5.26 Å². The fourth-order valence-electron chi connectivity index (χ4n) is 0.970. The third-order valence-electron chi connectivity index (χ3n) is 1.65. The molecule has 0 aliphatic rings. The molecule has 0 radical (unpaired) electrons. The first-order valence-corrected chi connectivity index (χ1v) is 3.82. The van der Waals surface area contributed by atoms with Crippen molar-refractivity contribution in [3.8, 4) is 6.07 Å². The van der Waals surface area contributed by atoms with E-state index in [4.69, 9.17) is 5.26 Å². The lowest BCUT2D eigenvalue weighted by molar-refractivity contribution is 0.0600. The first-order valence-electron chi connectivity index (χ1n) is 3.82. The summed E-state index contributed by atoms with van der Waals surface area (Å²) in [5, 5.41) is 8.36. The summed E-state index contributed by atoms with van der Waals surface area (Å²) in [7, 11) is 1.25. The number of methoxy groups -OCH3 is 1. The lowest BCUT2D eigenvalue weighted by Crippen LogP contribution is -2.03. The van der Waals surface area contributed by atoms with Crippen LogP contribution in [-0.4, -0.2) is 18.9 Å². The highest BCUT2D eigenvalue weighted by atomic mass is 16.5. The normalized spacial score (nSPS) is 8.86. The molecule has 0 aromatic heterocycles. The highest BCUT2D eigenvalue weighted by Gasteiger charge is 2.09. The molecule has 0 saturated heterocycles. The van der Waals surface area contributed by atoms with E-state index in [-0.39, 0.29) is 11.1 Å². The predicted molar refractivity (Wildman–Crippen MR) is 47.7 cm³/mol. The van der Waals surface area contributed by atoms with E-state index >= 15 is 0 Å². The Hall–Kier alpha value is -2.15. The third kappa shape index (κ3) is 1.96. The Balaban J connectivity index is 3.08. The number of carbonyl (C=O) groups excluding carboxylic acids is 2. The van der Waals surface area contributed by atoms with Gasteiger partial charge in [-0.05, 0) is 12.1 Å². The number of ether oxygens (including phenoxy) is 1. The molecule has 0 heterocycles. The van der Waals surface area contributed by atoms with Gasteiger partial charge in [0.2, 0.25) is 0 Å². The van der Waals surface area contributed by atoms with Crippen molar-refractivity contribution in [1.82, 2.24) is 0 Å². The minimum Gasteiger partial charge on any atom is -0.465 e. The van der Waals surface area contributed by atoms with Gasteiger partial charge in [0, 0.05) is 5.56 Å². The number of rotatable bonds is 2. The van der Waals surface area contributed by atoms with Crippen molar-refractivity contribution < 1.29 is 14.3 Å². The van der Waals surface area contributed by atoms with Crippen LogP contribution < -0.4 is 0 Å². The molecule has 0 aliphatic carbocycles. The number of benzene rings is 1. The van der Waals surface area contributed by atoms with Gasteiger partial charge in [-0.1, -0.05) is 12.1 Å². The minimum atomic E-state index is -0.671. The molecule has 0 N–H and O–H groups in total. The molecule has 4 nitrogen and oxygen atoms in total. The van der Waals surface area contributed by atoms with Gasteiger partial charge in [-0.25, -0.2) is 4.79 Å². The summed E-state index contributed by atoms with van der Waals surface area (Å²) in [6.07, 6.45) is 0. The van der Waals surface area contributed by atoms with Gasteiger partial charge in [0.15, 0.2) is 0 Å². The Bertz CT molecular complexity index is 418. The summed E-state index contributed by atoms with van der Waals surface area (Å²) < 4.78 is 4.47. The van der Waals surface area contributed by atoms with Gasteiger partial charge in [-0.15, -0.1) is 0 Å². The fourth-order valence-corrected chi connectivity index (χ4v) is 0.970. The van der Waals surface area contributed by atoms with Gasteiger partial charge in [0.05, 0.1) is 12.7 Å². The average Bonchev–Trinajstić information content (AvgIpc) is 2.27. The number of nitriles is 1. The lowest BCUT2D eigenvalue weighted by atomic mass is 10.1. The van der Waals surface area contributed by atoms with Crippen LogP contribution in [0.1, 0.15) is 20.7 Å². The summed E-state index contributed by atoms with van der Waals surface area (Å²) >= 11 is 0. The summed E-state index contributed by atoms with van der Waals surface area (Å²) in [6, 6.07) is 7.31. The van der Waals surface area contributed by atoms with E-state index < -0.39 is 11.8 Å². The maximum Gasteiger partial charge on any atom is 0.337 e. The third-order valence-corrected chi connectivity index (χ3v) is 1.65. The van der Waals surface area contributed by atoms with Crippen molar-refractivity contribution in [3.05, 3.63) is 35.4 Å². The number of hydrogen-bond acceptors (Lipinski definition) is 4. The van der Waals surface area contributed by atoms with Crippen LogP contribution in [0.15, 0.2) is 24.3 Å². The molecular formula is C10H7NO3. The van der Waals surface area contributed by atoms with Gasteiger partial charge >= 0.3 is 5.97 Å². The van der Waals surface area contributed by atoms with E-state index in [1.54, 1.807) is 0 Å². The zero-order valence-corrected chi connectivity index (χ0v) is 7.48. The molecule has 0 unspecified atom stereocenters. The van der Waals surface area contributed by atoms with Crippen LogP contribution in [0.2, 0.25) is 0 Å². The first kappa shape index (κ1) is 9.93. The molecule has 0 bridgehead atoms. The monoisotopic (exact) mass is 189 g/mol. The van der Waals surface area contributed by atoms with E-state index in [0.29, 0.717) is 0 Å². The van der Waals surface area contributed by atoms with Crippen molar-refractivity contribution in [1.29, 1.82) is 5.26 Å². The van der Waals surface area contributed by atoms with Gasteiger partial charge in [0.25, 0.3) is 5.78 Å². The van der Waals surface area contributed by atoms with Crippen molar-refractivity contribution in [2.24, 2.45) is 0 Å². The van der Waals surface area contributed by atoms with Gasteiger partial charge in [0.1, 0.15) is 6.07 Å². The molecule has 0 aliphatic heterocycles. The largest absolute Gasteiger partial charge is 0.465 e. The highest BCUT2D eigenvalue weighted by Crippen LogP contribution is 2.06. The van der Waals surface area contributed by atoms with Crippen molar-refractivity contribution in [2.75, 3.05) is 7.11 Å². The summed E-state index contributed by atoms with van der Waals surface area (Å²) in [5.41, 5.74) is 0.448. The Kier molecular flexibility index (Phi) is 2.97. The molecule has 0 fully saturated rings. The Morgan fingerprint density at radius 1 is 1.36 bits per heavy atom. The molecular weight excluding hydrogens is 182 g/mol. The van der Waals surface area contributed by atoms with E-state index in [1.165, 1.54) is 37.4 Å². The zero-order valence-electron chi connectivity index (χ0n) is 7.48. The van der Waals surface area contributed by atoms with Crippen molar-refractivity contribution in [2.45, 2.75) is 0 Å². The van der Waals surface area contributed by atoms with Crippen LogP contribution in [0.4, 0.5) is 0 Å². The molecule has 1 aromatic carbocycles. The van der Waals surface area contributed by atoms with Crippen LogP contribution in [0.3, 0.4) is 0 Å². The zero-order chi connectivity index (χ0) is 10.6. The van der Waals surface area contributed by atoms with Crippen LogP contribution >= 0.6 is 0 Å². The number of ketones is 1.